The summed E-state index contributed by atoms with van der Waals surface area (Å²) < 4.78 is 1.57. The van der Waals surface area contributed by atoms with Crippen molar-refractivity contribution < 1.29 is 14.7 Å². The molecule has 3 rings (SSSR count). The Morgan fingerprint density at radius 3 is 2.64 bits per heavy atom. The first kappa shape index (κ1) is 14.6. The van der Waals surface area contributed by atoms with Crippen molar-refractivity contribution in [1.82, 2.24) is 15.1 Å². The predicted molar refractivity (Wildman–Crippen MR) is 80.4 cm³/mol. The highest BCUT2D eigenvalue weighted by Gasteiger charge is 2.51. The number of para-hydroxylation sites is 1. The highest BCUT2D eigenvalue weighted by atomic mass is 35.5. The Bertz CT molecular complexity index is 765. The van der Waals surface area contributed by atoms with E-state index >= 15 is 0 Å². The molecule has 1 aliphatic rings. The number of amides is 1. The minimum absolute atomic E-state index is 0.171. The Morgan fingerprint density at radius 2 is 2.05 bits per heavy atom. The summed E-state index contributed by atoms with van der Waals surface area (Å²) in [6.45, 7) is 1.80. The van der Waals surface area contributed by atoms with E-state index in [0.717, 1.165) is 5.69 Å². The third-order valence-electron chi connectivity index (χ3n) is 3.71. The molecule has 1 heterocycles. The van der Waals surface area contributed by atoms with E-state index < -0.39 is 17.4 Å². The van der Waals surface area contributed by atoms with Crippen molar-refractivity contribution >= 4 is 23.5 Å². The fraction of sp³-hybridized carbons (Fsp3) is 0.267. The molecule has 1 aromatic heterocycles. The molecule has 0 atom stereocenters. The molecular weight excluding hydrogens is 306 g/mol. The lowest BCUT2D eigenvalue weighted by Gasteiger charge is -2.10. The summed E-state index contributed by atoms with van der Waals surface area (Å²) in [5, 5.41) is 16.4. The number of aliphatic carboxylic acids is 1. The number of carboxylic acids is 1. The van der Waals surface area contributed by atoms with Crippen molar-refractivity contribution in [1.29, 1.82) is 0 Å². The van der Waals surface area contributed by atoms with E-state index in [9.17, 15) is 9.59 Å². The Balaban J connectivity index is 1.88. The number of carboxylic acid groups (broad SMARTS) is 1. The minimum Gasteiger partial charge on any atom is -0.480 e. The van der Waals surface area contributed by atoms with Gasteiger partial charge in [-0.2, -0.15) is 5.10 Å². The molecule has 1 fully saturated rings. The summed E-state index contributed by atoms with van der Waals surface area (Å²) in [7, 11) is 0. The molecule has 2 aromatic rings. The second-order valence-corrected chi connectivity index (χ2v) is 5.78. The van der Waals surface area contributed by atoms with Crippen molar-refractivity contribution in [2.45, 2.75) is 25.3 Å². The number of benzene rings is 1. The van der Waals surface area contributed by atoms with Crippen LogP contribution in [-0.2, 0) is 4.79 Å². The zero-order valence-corrected chi connectivity index (χ0v) is 12.6. The maximum Gasteiger partial charge on any atom is 0.329 e. The topological polar surface area (TPSA) is 84.2 Å². The van der Waals surface area contributed by atoms with Gasteiger partial charge >= 0.3 is 5.97 Å². The van der Waals surface area contributed by atoms with Gasteiger partial charge in [-0.15, -0.1) is 0 Å². The number of hydrogen-bond acceptors (Lipinski definition) is 3. The summed E-state index contributed by atoms with van der Waals surface area (Å²) in [6, 6.07) is 8.77. The van der Waals surface area contributed by atoms with E-state index in [-0.39, 0.29) is 5.69 Å². The molecule has 0 bridgehead atoms. The van der Waals surface area contributed by atoms with Crippen molar-refractivity contribution in [3.8, 4) is 5.69 Å². The van der Waals surface area contributed by atoms with Gasteiger partial charge in [-0.1, -0.05) is 23.7 Å². The van der Waals surface area contributed by atoms with Crippen LogP contribution < -0.4 is 5.32 Å². The highest BCUT2D eigenvalue weighted by Crippen LogP contribution is 2.35. The smallest absolute Gasteiger partial charge is 0.329 e. The Labute approximate surface area is 131 Å². The quantitative estimate of drug-likeness (QED) is 0.904. The summed E-state index contributed by atoms with van der Waals surface area (Å²) in [5.74, 6) is -1.50. The number of carbonyl (C=O) groups excluding carboxylic acids is 1. The van der Waals surface area contributed by atoms with Crippen LogP contribution in [0.15, 0.2) is 30.3 Å². The number of nitrogens with one attached hydrogen (secondary N) is 1. The maximum atomic E-state index is 12.2. The number of aryl methyl sites for hydroxylation is 1. The van der Waals surface area contributed by atoms with Crippen molar-refractivity contribution in [3.63, 3.8) is 0 Å². The normalized spacial score (nSPS) is 15.4. The SMILES string of the molecule is Cc1cc(C(=O)NC2(C(=O)O)CC2)nn1-c1ccccc1Cl. The van der Waals surface area contributed by atoms with Crippen LogP contribution in [0.4, 0.5) is 0 Å². The van der Waals surface area contributed by atoms with Crippen LogP contribution in [0.3, 0.4) is 0 Å². The van der Waals surface area contributed by atoms with Crippen LogP contribution >= 0.6 is 11.6 Å². The number of aromatic nitrogens is 2. The zero-order chi connectivity index (χ0) is 15.9. The first-order chi connectivity index (χ1) is 10.4. The second-order valence-electron chi connectivity index (χ2n) is 5.38. The lowest BCUT2D eigenvalue weighted by molar-refractivity contribution is -0.140. The van der Waals surface area contributed by atoms with Gasteiger partial charge in [0.05, 0.1) is 10.7 Å². The number of carbonyl (C=O) groups is 2. The van der Waals surface area contributed by atoms with Gasteiger partial charge in [-0.05, 0) is 38.0 Å². The summed E-state index contributed by atoms with van der Waals surface area (Å²) in [5.41, 5.74) is 0.447. The summed E-state index contributed by atoms with van der Waals surface area (Å²) >= 11 is 6.14. The molecule has 6 nitrogen and oxygen atoms in total. The summed E-state index contributed by atoms with van der Waals surface area (Å²) in [6.07, 6.45) is 0.885. The van der Waals surface area contributed by atoms with Gasteiger partial charge in [-0.3, -0.25) is 4.79 Å². The molecule has 0 unspecified atom stereocenters. The molecular formula is C15H14ClN3O3. The standard InChI is InChI=1S/C15H14ClN3O3/c1-9-8-11(13(20)17-15(6-7-15)14(21)22)18-19(9)12-5-3-2-4-10(12)16/h2-5,8H,6-7H2,1H3,(H,17,20)(H,21,22). The average molecular weight is 320 g/mol. The third-order valence-corrected chi connectivity index (χ3v) is 4.03. The highest BCUT2D eigenvalue weighted by molar-refractivity contribution is 6.32. The van der Waals surface area contributed by atoms with Crippen LogP contribution in [0, 0.1) is 6.92 Å². The Morgan fingerprint density at radius 1 is 1.36 bits per heavy atom. The Hall–Kier alpha value is -2.34. The van der Waals surface area contributed by atoms with E-state index in [2.05, 4.69) is 10.4 Å². The predicted octanol–water partition coefficient (Wildman–Crippen LogP) is 2.18. The van der Waals surface area contributed by atoms with Gasteiger partial charge in [0, 0.05) is 5.69 Å². The fourth-order valence-corrected chi connectivity index (χ4v) is 2.47. The fourth-order valence-electron chi connectivity index (χ4n) is 2.25. The minimum atomic E-state index is -1.13. The molecule has 22 heavy (non-hydrogen) atoms. The number of nitrogens with zero attached hydrogens (tertiary/aromatic N) is 2. The lowest BCUT2D eigenvalue weighted by atomic mass is 10.2. The van der Waals surface area contributed by atoms with Crippen LogP contribution in [0.25, 0.3) is 5.69 Å². The molecule has 1 aliphatic carbocycles. The van der Waals surface area contributed by atoms with Gasteiger partial charge < -0.3 is 10.4 Å². The van der Waals surface area contributed by atoms with E-state index in [0.29, 0.717) is 23.6 Å². The lowest BCUT2D eigenvalue weighted by Crippen LogP contribution is -2.43. The molecule has 0 aliphatic heterocycles. The molecule has 114 valence electrons. The molecule has 0 spiro atoms. The third kappa shape index (κ3) is 2.46. The summed E-state index contributed by atoms with van der Waals surface area (Å²) in [4.78, 5) is 23.3. The van der Waals surface area contributed by atoms with E-state index in [1.54, 1.807) is 29.8 Å². The molecule has 0 saturated heterocycles. The second kappa shape index (κ2) is 5.14. The van der Waals surface area contributed by atoms with Crippen LogP contribution in [0.2, 0.25) is 5.02 Å². The molecule has 7 heteroatoms. The zero-order valence-electron chi connectivity index (χ0n) is 11.8. The molecule has 2 N–H and O–H groups in total. The van der Waals surface area contributed by atoms with E-state index in [4.69, 9.17) is 16.7 Å². The van der Waals surface area contributed by atoms with Crippen molar-refractivity contribution in [2.24, 2.45) is 0 Å². The van der Waals surface area contributed by atoms with Gasteiger partial charge in [-0.25, -0.2) is 9.48 Å². The number of hydrogen-bond donors (Lipinski definition) is 2. The van der Waals surface area contributed by atoms with E-state index in [1.165, 1.54) is 0 Å². The van der Waals surface area contributed by atoms with Crippen LogP contribution in [-0.4, -0.2) is 32.3 Å². The van der Waals surface area contributed by atoms with Crippen LogP contribution in [0.5, 0.6) is 0 Å². The van der Waals surface area contributed by atoms with E-state index in [1.807, 2.05) is 12.1 Å². The largest absolute Gasteiger partial charge is 0.480 e. The van der Waals surface area contributed by atoms with Crippen molar-refractivity contribution in [2.75, 3.05) is 0 Å². The Kier molecular flexibility index (Phi) is 3.41. The number of rotatable bonds is 4. The maximum absolute atomic E-state index is 12.2. The number of halogens is 1. The van der Waals surface area contributed by atoms with Gasteiger partial charge in [0.2, 0.25) is 0 Å². The molecule has 1 saturated carbocycles. The van der Waals surface area contributed by atoms with Gasteiger partial charge in [0.1, 0.15) is 5.54 Å². The van der Waals surface area contributed by atoms with Gasteiger partial charge in [0.15, 0.2) is 5.69 Å². The van der Waals surface area contributed by atoms with Gasteiger partial charge in [0.25, 0.3) is 5.91 Å². The first-order valence-electron chi connectivity index (χ1n) is 6.80. The molecule has 1 aromatic carbocycles. The van der Waals surface area contributed by atoms with Crippen LogP contribution in [0.1, 0.15) is 29.0 Å². The molecule has 1 amide bonds. The molecule has 0 radical (unpaired) electrons. The first-order valence-corrected chi connectivity index (χ1v) is 7.18. The average Bonchev–Trinajstić information content (AvgIpc) is 3.15. The van der Waals surface area contributed by atoms with Crippen molar-refractivity contribution in [3.05, 3.63) is 46.7 Å². The monoisotopic (exact) mass is 319 g/mol.